The number of guanidine groups is 1. The van der Waals surface area contributed by atoms with Gasteiger partial charge in [-0.1, -0.05) is 25.1 Å². The molecule has 2 atom stereocenters. The average molecular weight is 259 g/mol. The number of nitrogens with two attached hydrogens (primary N) is 1. The first-order valence-electron chi connectivity index (χ1n) is 7.02. The van der Waals surface area contributed by atoms with Crippen LogP contribution in [0.5, 0.6) is 0 Å². The maximum atomic E-state index is 6.14. The molecule has 3 rings (SSSR count). The van der Waals surface area contributed by atoms with Crippen LogP contribution >= 0.6 is 0 Å². The van der Waals surface area contributed by atoms with Gasteiger partial charge in [-0.05, 0) is 31.4 Å². The van der Waals surface area contributed by atoms with E-state index >= 15 is 0 Å². The SMILES string of the molecule is CCC1CC2(CCO1)CN=C(N)N2c1ccccc1. The van der Waals surface area contributed by atoms with Crippen molar-refractivity contribution < 1.29 is 4.74 Å². The Bertz CT molecular complexity index is 474. The fourth-order valence-corrected chi connectivity index (χ4v) is 3.21. The highest BCUT2D eigenvalue weighted by atomic mass is 16.5. The number of benzene rings is 1. The van der Waals surface area contributed by atoms with Crippen LogP contribution in [0.15, 0.2) is 35.3 Å². The zero-order valence-corrected chi connectivity index (χ0v) is 11.4. The molecule has 1 saturated heterocycles. The molecule has 1 aromatic rings. The number of anilines is 1. The molecule has 2 N–H and O–H groups in total. The second kappa shape index (κ2) is 4.85. The van der Waals surface area contributed by atoms with E-state index in [0.29, 0.717) is 12.1 Å². The molecule has 0 aromatic heterocycles. The van der Waals surface area contributed by atoms with Gasteiger partial charge >= 0.3 is 0 Å². The number of para-hydroxylation sites is 1. The predicted octanol–water partition coefficient (Wildman–Crippen LogP) is 2.15. The third-order valence-corrected chi connectivity index (χ3v) is 4.24. The Morgan fingerprint density at radius 1 is 1.42 bits per heavy atom. The average Bonchev–Trinajstić information content (AvgIpc) is 2.76. The zero-order chi connectivity index (χ0) is 13.3. The van der Waals surface area contributed by atoms with Crippen molar-refractivity contribution in [2.24, 2.45) is 10.7 Å². The second-order valence-corrected chi connectivity index (χ2v) is 5.42. The van der Waals surface area contributed by atoms with Gasteiger partial charge in [0.25, 0.3) is 0 Å². The smallest absolute Gasteiger partial charge is 0.196 e. The van der Waals surface area contributed by atoms with Crippen LogP contribution in [0.3, 0.4) is 0 Å². The molecule has 4 heteroatoms. The summed E-state index contributed by atoms with van der Waals surface area (Å²) in [4.78, 5) is 6.72. The fraction of sp³-hybridized carbons (Fsp3) is 0.533. The van der Waals surface area contributed by atoms with E-state index in [0.717, 1.165) is 38.1 Å². The molecule has 4 nitrogen and oxygen atoms in total. The number of nitrogens with zero attached hydrogens (tertiary/aromatic N) is 2. The Balaban J connectivity index is 1.93. The molecule has 0 saturated carbocycles. The van der Waals surface area contributed by atoms with Gasteiger partial charge in [0, 0.05) is 12.3 Å². The largest absolute Gasteiger partial charge is 0.378 e. The van der Waals surface area contributed by atoms with Crippen molar-refractivity contribution in [3.63, 3.8) is 0 Å². The van der Waals surface area contributed by atoms with Crippen LogP contribution in [-0.2, 0) is 4.74 Å². The molecule has 0 bridgehead atoms. The third kappa shape index (κ3) is 2.10. The van der Waals surface area contributed by atoms with Gasteiger partial charge in [-0.25, -0.2) is 0 Å². The minimum atomic E-state index is 0.0182. The van der Waals surface area contributed by atoms with Crippen LogP contribution in [0.1, 0.15) is 26.2 Å². The molecule has 1 fully saturated rings. The number of rotatable bonds is 2. The van der Waals surface area contributed by atoms with Crippen LogP contribution in [0.2, 0.25) is 0 Å². The molecule has 0 radical (unpaired) electrons. The lowest BCUT2D eigenvalue weighted by molar-refractivity contribution is -0.0151. The molecule has 0 aliphatic carbocycles. The van der Waals surface area contributed by atoms with Gasteiger partial charge in [-0.2, -0.15) is 0 Å². The molecular formula is C15H21N3O. The Morgan fingerprint density at radius 3 is 2.95 bits per heavy atom. The molecule has 0 amide bonds. The first-order valence-corrected chi connectivity index (χ1v) is 7.02. The summed E-state index contributed by atoms with van der Waals surface area (Å²) in [7, 11) is 0. The van der Waals surface area contributed by atoms with E-state index in [1.54, 1.807) is 0 Å². The van der Waals surface area contributed by atoms with Gasteiger partial charge in [-0.15, -0.1) is 0 Å². The number of hydrogen-bond acceptors (Lipinski definition) is 4. The highest BCUT2D eigenvalue weighted by molar-refractivity contribution is 5.98. The number of aliphatic imine (C=N–C) groups is 1. The topological polar surface area (TPSA) is 50.9 Å². The Morgan fingerprint density at radius 2 is 2.21 bits per heavy atom. The van der Waals surface area contributed by atoms with Crippen molar-refractivity contribution in [1.82, 2.24) is 0 Å². The summed E-state index contributed by atoms with van der Waals surface area (Å²) < 4.78 is 5.81. The molecule has 1 aromatic carbocycles. The quantitative estimate of drug-likeness (QED) is 0.885. The van der Waals surface area contributed by atoms with E-state index in [1.165, 1.54) is 0 Å². The van der Waals surface area contributed by atoms with Crippen molar-refractivity contribution in [3.8, 4) is 0 Å². The standard InChI is InChI=1S/C15H21N3O/c1-2-13-10-15(8-9-19-13)11-17-14(16)18(15)12-6-4-3-5-7-12/h3-7,13H,2,8-11H2,1H3,(H2,16,17). The van der Waals surface area contributed by atoms with Gasteiger partial charge in [0.2, 0.25) is 0 Å². The highest BCUT2D eigenvalue weighted by Crippen LogP contribution is 2.38. The van der Waals surface area contributed by atoms with Crippen LogP contribution in [-0.4, -0.2) is 30.8 Å². The van der Waals surface area contributed by atoms with E-state index in [9.17, 15) is 0 Å². The molecule has 19 heavy (non-hydrogen) atoms. The Labute approximate surface area is 114 Å². The van der Waals surface area contributed by atoms with Crippen molar-refractivity contribution in [3.05, 3.63) is 30.3 Å². The molecule has 2 aliphatic rings. The maximum Gasteiger partial charge on any atom is 0.196 e. The normalized spacial score (nSPS) is 30.7. The van der Waals surface area contributed by atoms with Crippen LogP contribution in [0.4, 0.5) is 5.69 Å². The van der Waals surface area contributed by atoms with Crippen LogP contribution in [0.25, 0.3) is 0 Å². The highest BCUT2D eigenvalue weighted by Gasteiger charge is 2.46. The summed E-state index contributed by atoms with van der Waals surface area (Å²) in [6.07, 6.45) is 3.36. The van der Waals surface area contributed by atoms with Crippen LogP contribution in [0, 0.1) is 0 Å². The lowest BCUT2D eigenvalue weighted by atomic mass is 9.84. The summed E-state index contributed by atoms with van der Waals surface area (Å²) in [5, 5.41) is 0. The first kappa shape index (κ1) is 12.5. The first-order chi connectivity index (χ1) is 9.25. The van der Waals surface area contributed by atoms with Crippen LogP contribution < -0.4 is 10.6 Å². The van der Waals surface area contributed by atoms with Gasteiger partial charge < -0.3 is 15.4 Å². The molecule has 2 unspecified atom stereocenters. The van der Waals surface area contributed by atoms with Gasteiger partial charge in [0.05, 0.1) is 18.2 Å². The van der Waals surface area contributed by atoms with E-state index in [4.69, 9.17) is 10.5 Å². The monoisotopic (exact) mass is 259 g/mol. The minimum Gasteiger partial charge on any atom is -0.378 e. The van der Waals surface area contributed by atoms with E-state index < -0.39 is 0 Å². The molecular weight excluding hydrogens is 238 g/mol. The van der Waals surface area contributed by atoms with E-state index in [-0.39, 0.29) is 5.54 Å². The fourth-order valence-electron chi connectivity index (χ4n) is 3.21. The Hall–Kier alpha value is -1.55. The summed E-state index contributed by atoms with van der Waals surface area (Å²) in [6, 6.07) is 10.3. The molecule has 1 spiro atoms. The predicted molar refractivity (Wildman–Crippen MR) is 77.4 cm³/mol. The summed E-state index contributed by atoms with van der Waals surface area (Å²) in [6.45, 7) is 3.76. The summed E-state index contributed by atoms with van der Waals surface area (Å²) >= 11 is 0. The second-order valence-electron chi connectivity index (χ2n) is 5.42. The Kier molecular flexibility index (Phi) is 3.19. The molecule has 2 aliphatic heterocycles. The minimum absolute atomic E-state index is 0.0182. The van der Waals surface area contributed by atoms with Crippen molar-refractivity contribution in [1.29, 1.82) is 0 Å². The van der Waals surface area contributed by atoms with E-state index in [2.05, 4.69) is 28.9 Å². The summed E-state index contributed by atoms with van der Waals surface area (Å²) in [5.41, 5.74) is 7.29. The lowest BCUT2D eigenvalue weighted by Crippen LogP contribution is -2.56. The number of hydrogen-bond donors (Lipinski definition) is 1. The number of ether oxygens (including phenoxy) is 1. The van der Waals surface area contributed by atoms with E-state index in [1.807, 2.05) is 18.2 Å². The molecule has 2 heterocycles. The van der Waals surface area contributed by atoms with Gasteiger partial charge in [-0.3, -0.25) is 4.99 Å². The van der Waals surface area contributed by atoms with Crippen molar-refractivity contribution in [2.45, 2.75) is 37.8 Å². The maximum absolute atomic E-state index is 6.14. The molecule has 102 valence electrons. The van der Waals surface area contributed by atoms with Gasteiger partial charge in [0.1, 0.15) is 0 Å². The lowest BCUT2D eigenvalue weighted by Gasteiger charge is -2.44. The summed E-state index contributed by atoms with van der Waals surface area (Å²) in [5.74, 6) is 0.642. The van der Waals surface area contributed by atoms with Crippen molar-refractivity contribution >= 4 is 11.6 Å². The zero-order valence-electron chi connectivity index (χ0n) is 11.4. The van der Waals surface area contributed by atoms with Gasteiger partial charge in [0.15, 0.2) is 5.96 Å². The van der Waals surface area contributed by atoms with Crippen molar-refractivity contribution in [2.75, 3.05) is 18.1 Å². The third-order valence-electron chi connectivity index (χ3n) is 4.24.